The van der Waals surface area contributed by atoms with Crippen molar-refractivity contribution in [3.63, 3.8) is 0 Å². The molecule has 1 aromatic carbocycles. The second-order valence-corrected chi connectivity index (χ2v) is 6.77. The average molecular weight is 265 g/mol. The van der Waals surface area contributed by atoms with Crippen molar-refractivity contribution in [2.75, 3.05) is 13.1 Å². The molecule has 3 heterocycles. The third-order valence-corrected chi connectivity index (χ3v) is 5.87. The molecule has 0 radical (unpaired) electrons. The number of H-pyrrole nitrogens is 1. The molecule has 0 bridgehead atoms. The first-order chi connectivity index (χ1) is 9.92. The van der Waals surface area contributed by atoms with Crippen molar-refractivity contribution in [1.82, 2.24) is 4.98 Å². The molecule has 0 saturated carbocycles. The number of benzene rings is 1. The van der Waals surface area contributed by atoms with E-state index in [9.17, 15) is 0 Å². The highest BCUT2D eigenvalue weighted by molar-refractivity contribution is 5.85. The number of quaternary nitrogens is 1. The first kappa shape index (κ1) is 11.2. The van der Waals surface area contributed by atoms with Gasteiger partial charge in [0.1, 0.15) is 6.04 Å². The topological polar surface area (TPSA) is 20.2 Å². The monoisotopic (exact) mass is 265 g/mol. The first-order valence-electron chi connectivity index (χ1n) is 8.01. The number of aromatic nitrogens is 1. The Morgan fingerprint density at radius 2 is 2.00 bits per heavy atom. The van der Waals surface area contributed by atoms with Gasteiger partial charge >= 0.3 is 0 Å². The lowest BCUT2D eigenvalue weighted by atomic mass is 9.80. The third-order valence-electron chi connectivity index (χ3n) is 5.87. The SMILES string of the molecule is C1=CC[C@@H]2[C@H](C1)C[NH+]1CCc3c([nH]c4ccccc34)[C@H]21. The Labute approximate surface area is 119 Å². The predicted molar refractivity (Wildman–Crippen MR) is 80.8 cm³/mol. The molecule has 1 unspecified atom stereocenters. The maximum absolute atomic E-state index is 3.78. The summed E-state index contributed by atoms with van der Waals surface area (Å²) >= 11 is 0. The molecule has 2 N–H and O–H groups in total. The molecular formula is C18H21N2+. The molecule has 2 nitrogen and oxygen atoms in total. The van der Waals surface area contributed by atoms with Crippen LogP contribution in [0.25, 0.3) is 10.9 Å². The van der Waals surface area contributed by atoms with Gasteiger partial charge in [0.2, 0.25) is 0 Å². The van der Waals surface area contributed by atoms with E-state index in [2.05, 4.69) is 41.4 Å². The van der Waals surface area contributed by atoms with Gasteiger partial charge in [-0.2, -0.15) is 0 Å². The van der Waals surface area contributed by atoms with Crippen LogP contribution in [0, 0.1) is 11.8 Å². The second kappa shape index (κ2) is 3.98. The van der Waals surface area contributed by atoms with Crippen LogP contribution in [0.15, 0.2) is 36.4 Å². The second-order valence-electron chi connectivity index (χ2n) is 6.77. The van der Waals surface area contributed by atoms with E-state index in [0.717, 1.165) is 17.9 Å². The van der Waals surface area contributed by atoms with Gasteiger partial charge in [-0.25, -0.2) is 0 Å². The number of nitrogens with one attached hydrogen (secondary N) is 2. The highest BCUT2D eigenvalue weighted by atomic mass is 15.2. The standard InChI is InChI=1S/C18H20N2/c1-2-6-13-12(5-1)11-20-10-9-15-14-7-3-4-8-16(14)19-17(15)18(13)20/h1-4,7-8,12-13,18-19H,5-6,9-11H2/p+1/t12-,13-,18+/m1/s1. The van der Waals surface area contributed by atoms with E-state index in [1.807, 2.05) is 4.90 Å². The lowest BCUT2D eigenvalue weighted by Gasteiger charge is -2.30. The Morgan fingerprint density at radius 3 is 3.00 bits per heavy atom. The van der Waals surface area contributed by atoms with Crippen molar-refractivity contribution >= 4 is 10.9 Å². The molecule has 2 heteroatoms. The Kier molecular flexibility index (Phi) is 2.22. The van der Waals surface area contributed by atoms with E-state index < -0.39 is 0 Å². The zero-order chi connectivity index (χ0) is 13.1. The van der Waals surface area contributed by atoms with Gasteiger partial charge in [-0.05, 0) is 24.5 Å². The number of allylic oxidation sites excluding steroid dienone is 2. The Balaban J connectivity index is 1.68. The van der Waals surface area contributed by atoms with Crippen molar-refractivity contribution in [1.29, 1.82) is 0 Å². The summed E-state index contributed by atoms with van der Waals surface area (Å²) < 4.78 is 0. The number of para-hydroxylation sites is 1. The quantitative estimate of drug-likeness (QED) is 0.682. The summed E-state index contributed by atoms with van der Waals surface area (Å²) in [4.78, 5) is 5.61. The van der Waals surface area contributed by atoms with Crippen molar-refractivity contribution in [3.8, 4) is 0 Å². The summed E-state index contributed by atoms with van der Waals surface area (Å²) in [7, 11) is 0. The number of hydrogen-bond acceptors (Lipinski definition) is 0. The molecule has 5 rings (SSSR count). The first-order valence-corrected chi connectivity index (χ1v) is 8.01. The highest BCUT2D eigenvalue weighted by Gasteiger charge is 2.49. The van der Waals surface area contributed by atoms with Crippen molar-refractivity contribution < 1.29 is 4.90 Å². The van der Waals surface area contributed by atoms with Gasteiger partial charge in [0.05, 0.1) is 18.8 Å². The summed E-state index contributed by atoms with van der Waals surface area (Å²) in [6.07, 6.45) is 8.66. The molecule has 20 heavy (non-hydrogen) atoms. The Hall–Kier alpha value is -1.54. The summed E-state index contributed by atoms with van der Waals surface area (Å²) in [5, 5.41) is 1.47. The fraction of sp³-hybridized carbons (Fsp3) is 0.444. The summed E-state index contributed by atoms with van der Waals surface area (Å²) in [6, 6.07) is 9.58. The van der Waals surface area contributed by atoms with Crippen LogP contribution in [0.1, 0.15) is 30.1 Å². The maximum atomic E-state index is 3.78. The highest BCUT2D eigenvalue weighted by Crippen LogP contribution is 2.41. The zero-order valence-corrected chi connectivity index (χ0v) is 11.7. The van der Waals surface area contributed by atoms with Gasteiger partial charge in [-0.3, -0.25) is 0 Å². The van der Waals surface area contributed by atoms with Gasteiger partial charge in [0, 0.05) is 29.2 Å². The summed E-state index contributed by atoms with van der Waals surface area (Å²) in [5.41, 5.74) is 4.52. The lowest BCUT2D eigenvalue weighted by molar-refractivity contribution is -0.923. The minimum Gasteiger partial charge on any atom is -0.353 e. The molecule has 3 aliphatic rings. The fourth-order valence-corrected chi connectivity index (χ4v) is 5.02. The molecule has 1 aromatic heterocycles. The zero-order valence-electron chi connectivity index (χ0n) is 11.7. The van der Waals surface area contributed by atoms with Gasteiger partial charge < -0.3 is 9.88 Å². The molecule has 102 valence electrons. The number of aromatic amines is 1. The normalized spacial score (nSPS) is 34.8. The van der Waals surface area contributed by atoms with E-state index >= 15 is 0 Å². The minimum absolute atomic E-state index is 0.723. The van der Waals surface area contributed by atoms with E-state index in [-0.39, 0.29) is 0 Å². The number of rotatable bonds is 0. The average Bonchev–Trinajstić information content (AvgIpc) is 3.04. The van der Waals surface area contributed by atoms with E-state index in [1.165, 1.54) is 43.3 Å². The van der Waals surface area contributed by atoms with E-state index in [1.54, 1.807) is 11.3 Å². The molecular weight excluding hydrogens is 244 g/mol. The smallest absolute Gasteiger partial charge is 0.132 e. The molecule has 4 atom stereocenters. The van der Waals surface area contributed by atoms with Crippen LogP contribution in [0.5, 0.6) is 0 Å². The van der Waals surface area contributed by atoms with Crippen LogP contribution < -0.4 is 4.90 Å². The lowest BCUT2D eigenvalue weighted by Crippen LogP contribution is -3.11. The van der Waals surface area contributed by atoms with Crippen LogP contribution in [0.4, 0.5) is 0 Å². The summed E-state index contributed by atoms with van der Waals surface area (Å²) in [5.74, 6) is 1.78. The Bertz CT molecular complexity index is 697. The number of hydrogen-bond donors (Lipinski definition) is 2. The van der Waals surface area contributed by atoms with Crippen molar-refractivity contribution in [3.05, 3.63) is 47.7 Å². The van der Waals surface area contributed by atoms with Crippen LogP contribution in [0.3, 0.4) is 0 Å². The third kappa shape index (κ3) is 1.38. The summed E-state index contributed by atoms with van der Waals surface area (Å²) in [6.45, 7) is 2.71. The fourth-order valence-electron chi connectivity index (χ4n) is 5.02. The van der Waals surface area contributed by atoms with Gasteiger partial charge in [-0.15, -0.1) is 0 Å². The maximum Gasteiger partial charge on any atom is 0.132 e. The van der Waals surface area contributed by atoms with Gasteiger partial charge in [-0.1, -0.05) is 30.4 Å². The molecule has 0 spiro atoms. The molecule has 2 aliphatic heterocycles. The van der Waals surface area contributed by atoms with Crippen LogP contribution in [-0.2, 0) is 6.42 Å². The molecule has 2 aromatic rings. The van der Waals surface area contributed by atoms with Crippen molar-refractivity contribution in [2.24, 2.45) is 11.8 Å². The van der Waals surface area contributed by atoms with Gasteiger partial charge in [0.25, 0.3) is 0 Å². The molecule has 1 saturated heterocycles. The van der Waals surface area contributed by atoms with Crippen LogP contribution >= 0.6 is 0 Å². The van der Waals surface area contributed by atoms with E-state index in [0.29, 0.717) is 0 Å². The van der Waals surface area contributed by atoms with E-state index in [4.69, 9.17) is 0 Å². The Morgan fingerprint density at radius 1 is 1.10 bits per heavy atom. The van der Waals surface area contributed by atoms with Gasteiger partial charge in [0.15, 0.2) is 0 Å². The minimum atomic E-state index is 0.723. The van der Waals surface area contributed by atoms with Crippen molar-refractivity contribution in [2.45, 2.75) is 25.3 Å². The predicted octanol–water partition coefficient (Wildman–Crippen LogP) is 2.25. The molecule has 0 amide bonds. The number of fused-ring (bicyclic) bond motifs is 7. The van der Waals surface area contributed by atoms with Crippen LogP contribution in [-0.4, -0.2) is 18.1 Å². The largest absolute Gasteiger partial charge is 0.353 e. The van der Waals surface area contributed by atoms with Crippen LogP contribution in [0.2, 0.25) is 0 Å². The molecule has 1 fully saturated rings. The molecule has 1 aliphatic carbocycles.